The van der Waals surface area contributed by atoms with Crippen LogP contribution in [-0.2, 0) is 25.2 Å². The molecule has 2 heteroatoms. The number of para-hydroxylation sites is 1. The van der Waals surface area contributed by atoms with E-state index in [9.17, 15) is 0 Å². The third kappa shape index (κ3) is 3.50. The molecule has 0 saturated heterocycles. The van der Waals surface area contributed by atoms with Gasteiger partial charge < -0.3 is 4.42 Å². The standard InChI is InChI=1S/C33H34NO/c1-21-16-17-27-26-14-10-13-25(31(26)35-32(27)30(21)29-15-8-9-20-34(29)5)23-18-19-28(33(2,3)4)24-12-7-6-11-22(23)24/h8-10,13-20H,6-7,11-12H2,1-5H3/q+1/i11D2,12D2. The van der Waals surface area contributed by atoms with Gasteiger partial charge >= 0.3 is 0 Å². The molecule has 1 aliphatic carbocycles. The molecule has 0 unspecified atom stereocenters. The molecule has 5 aromatic rings. The normalized spacial score (nSPS) is 18.5. The molecule has 176 valence electrons. The summed E-state index contributed by atoms with van der Waals surface area (Å²) >= 11 is 0. The number of hydrogen-bond donors (Lipinski definition) is 0. The Labute approximate surface area is 213 Å². The molecule has 3 aromatic carbocycles. The van der Waals surface area contributed by atoms with Gasteiger partial charge in [0.25, 0.3) is 0 Å². The summed E-state index contributed by atoms with van der Waals surface area (Å²) < 4.78 is 44.9. The van der Waals surface area contributed by atoms with Crippen LogP contribution in [0.25, 0.3) is 44.3 Å². The first-order valence-electron chi connectivity index (χ1n) is 14.4. The van der Waals surface area contributed by atoms with Gasteiger partial charge in [-0.25, -0.2) is 4.57 Å². The van der Waals surface area contributed by atoms with E-state index in [2.05, 4.69) is 56.5 Å². The van der Waals surface area contributed by atoms with Crippen LogP contribution in [0, 0.1) is 6.92 Å². The van der Waals surface area contributed by atoms with Crippen molar-refractivity contribution in [1.29, 1.82) is 0 Å². The van der Waals surface area contributed by atoms with E-state index in [0.717, 1.165) is 44.3 Å². The van der Waals surface area contributed by atoms with Gasteiger partial charge in [0.2, 0.25) is 5.69 Å². The number of fused-ring (bicyclic) bond motifs is 4. The smallest absolute Gasteiger partial charge is 0.216 e. The largest absolute Gasteiger partial charge is 0.454 e. The number of benzene rings is 3. The summed E-state index contributed by atoms with van der Waals surface area (Å²) in [4.78, 5) is 0. The van der Waals surface area contributed by atoms with Crippen LogP contribution in [0.3, 0.4) is 0 Å². The Kier molecular flexibility index (Phi) is 4.15. The summed E-state index contributed by atoms with van der Waals surface area (Å²) in [6, 6.07) is 20.3. The van der Waals surface area contributed by atoms with Gasteiger partial charge in [-0.05, 0) is 71.8 Å². The zero-order valence-electron chi connectivity index (χ0n) is 25.1. The summed E-state index contributed by atoms with van der Waals surface area (Å²) in [5.74, 6) is 0. The maximum absolute atomic E-state index is 9.06. The number of furan rings is 1. The van der Waals surface area contributed by atoms with Crippen LogP contribution in [0.2, 0.25) is 0 Å². The van der Waals surface area contributed by atoms with Crippen molar-refractivity contribution in [1.82, 2.24) is 0 Å². The monoisotopic (exact) mass is 464 g/mol. The molecule has 0 amide bonds. The molecule has 2 aromatic heterocycles. The van der Waals surface area contributed by atoms with Gasteiger partial charge in [-0.15, -0.1) is 0 Å². The molecule has 35 heavy (non-hydrogen) atoms. The van der Waals surface area contributed by atoms with E-state index in [0.29, 0.717) is 22.3 Å². The number of aryl methyl sites for hydroxylation is 2. The van der Waals surface area contributed by atoms with Crippen LogP contribution in [-0.4, -0.2) is 0 Å². The van der Waals surface area contributed by atoms with Gasteiger partial charge in [-0.3, -0.25) is 0 Å². The predicted octanol–water partition coefficient (Wildman–Crippen LogP) is 8.23. The first kappa shape index (κ1) is 18.0. The van der Waals surface area contributed by atoms with Crippen molar-refractivity contribution in [3.8, 4) is 22.4 Å². The third-order valence-electron chi connectivity index (χ3n) is 7.22. The second kappa shape index (κ2) is 8.09. The van der Waals surface area contributed by atoms with E-state index >= 15 is 0 Å². The van der Waals surface area contributed by atoms with Crippen molar-refractivity contribution >= 4 is 21.9 Å². The molecule has 0 radical (unpaired) electrons. The van der Waals surface area contributed by atoms with Crippen LogP contribution >= 0.6 is 0 Å². The molecule has 1 aliphatic rings. The lowest BCUT2D eigenvalue weighted by Gasteiger charge is -2.29. The van der Waals surface area contributed by atoms with Crippen LogP contribution < -0.4 is 4.57 Å². The first-order valence-corrected chi connectivity index (χ1v) is 12.4. The molecule has 0 spiro atoms. The molecule has 2 heterocycles. The topological polar surface area (TPSA) is 17.0 Å². The quantitative estimate of drug-likeness (QED) is 0.240. The summed E-state index contributed by atoms with van der Waals surface area (Å²) in [7, 11) is 2.03. The lowest BCUT2D eigenvalue weighted by atomic mass is 9.75. The average molecular weight is 465 g/mol. The highest BCUT2D eigenvalue weighted by Crippen LogP contribution is 2.43. The highest BCUT2D eigenvalue weighted by molar-refractivity contribution is 6.13. The lowest BCUT2D eigenvalue weighted by Crippen LogP contribution is -2.30. The van der Waals surface area contributed by atoms with Crippen molar-refractivity contribution in [2.24, 2.45) is 7.05 Å². The molecule has 0 bridgehead atoms. The molecule has 0 N–H and O–H groups in total. The fraction of sp³-hybridized carbons (Fsp3) is 0.303. The van der Waals surface area contributed by atoms with Crippen molar-refractivity contribution in [3.63, 3.8) is 0 Å². The van der Waals surface area contributed by atoms with Gasteiger partial charge in [-0.2, -0.15) is 0 Å². The van der Waals surface area contributed by atoms with Gasteiger partial charge in [0.15, 0.2) is 6.20 Å². The van der Waals surface area contributed by atoms with E-state index in [1.807, 2.05) is 49.6 Å². The van der Waals surface area contributed by atoms with Crippen LogP contribution in [0.1, 0.15) is 61.3 Å². The predicted molar refractivity (Wildman–Crippen MR) is 146 cm³/mol. The molecule has 6 rings (SSSR count). The second-order valence-electron chi connectivity index (χ2n) is 10.6. The van der Waals surface area contributed by atoms with Crippen LogP contribution in [0.5, 0.6) is 0 Å². The summed E-state index contributed by atoms with van der Waals surface area (Å²) in [5.41, 5.74) is 7.71. The van der Waals surface area contributed by atoms with Crippen molar-refractivity contribution in [2.75, 3.05) is 0 Å². The molecular weight excluding hydrogens is 426 g/mol. The van der Waals surface area contributed by atoms with E-state index in [-0.39, 0.29) is 18.3 Å². The Balaban J connectivity index is 1.71. The SMILES string of the molecule is [2H]C1([2H])CCC([2H])([2H])c2c(C(C)(C)C)ccc(-c3cccc4c3oc3c(-c5cccc[n+]5C)c(C)ccc34)c21. The van der Waals surface area contributed by atoms with E-state index in [1.165, 1.54) is 0 Å². The molecule has 0 aliphatic heterocycles. The maximum Gasteiger partial charge on any atom is 0.216 e. The first-order chi connectivity index (χ1) is 18.3. The van der Waals surface area contributed by atoms with Gasteiger partial charge in [0.05, 0.1) is 5.56 Å². The van der Waals surface area contributed by atoms with Gasteiger partial charge in [-0.1, -0.05) is 63.2 Å². The fourth-order valence-electron chi connectivity index (χ4n) is 5.47. The maximum atomic E-state index is 9.06. The Morgan fingerprint density at radius 1 is 0.800 bits per heavy atom. The van der Waals surface area contributed by atoms with E-state index in [4.69, 9.17) is 9.90 Å². The minimum absolute atomic E-state index is 0.136. The molecule has 0 saturated carbocycles. The summed E-state index contributed by atoms with van der Waals surface area (Å²) in [5, 5.41) is 1.98. The minimum atomic E-state index is -1.66. The number of rotatable bonds is 2. The minimum Gasteiger partial charge on any atom is -0.454 e. The number of nitrogens with zero attached hydrogens (tertiary/aromatic N) is 1. The molecular formula is C33H34NO+. The summed E-state index contributed by atoms with van der Waals surface area (Å²) in [6.45, 7) is 8.29. The number of aromatic nitrogens is 1. The van der Waals surface area contributed by atoms with Crippen molar-refractivity contribution in [2.45, 2.75) is 58.7 Å². The Morgan fingerprint density at radius 2 is 1.57 bits per heavy atom. The summed E-state index contributed by atoms with van der Waals surface area (Å²) in [6.07, 6.45) is -0.956. The zero-order valence-corrected chi connectivity index (χ0v) is 21.1. The van der Waals surface area contributed by atoms with Crippen molar-refractivity contribution < 1.29 is 14.5 Å². The third-order valence-corrected chi connectivity index (χ3v) is 7.22. The second-order valence-corrected chi connectivity index (χ2v) is 10.6. The van der Waals surface area contributed by atoms with Crippen LogP contribution in [0.4, 0.5) is 0 Å². The Bertz CT molecular complexity index is 1770. The van der Waals surface area contributed by atoms with Gasteiger partial charge in [0, 0.05) is 34.0 Å². The average Bonchev–Trinajstić information content (AvgIpc) is 3.25. The van der Waals surface area contributed by atoms with Crippen LogP contribution in [0.15, 0.2) is 71.3 Å². The Hall–Kier alpha value is -3.39. The Morgan fingerprint density at radius 3 is 2.34 bits per heavy atom. The molecule has 0 fully saturated rings. The number of pyridine rings is 1. The van der Waals surface area contributed by atoms with E-state index < -0.39 is 12.7 Å². The lowest BCUT2D eigenvalue weighted by molar-refractivity contribution is -0.660. The fourth-order valence-corrected chi connectivity index (χ4v) is 5.47. The highest BCUT2D eigenvalue weighted by Gasteiger charge is 2.26. The number of hydrogen-bond acceptors (Lipinski definition) is 1. The molecule has 0 atom stereocenters. The highest BCUT2D eigenvalue weighted by atomic mass is 16.3. The van der Waals surface area contributed by atoms with Gasteiger partial charge in [0.1, 0.15) is 18.2 Å². The zero-order chi connectivity index (χ0) is 27.9. The van der Waals surface area contributed by atoms with Crippen molar-refractivity contribution in [3.05, 3.63) is 89.1 Å². The molecule has 2 nitrogen and oxygen atoms in total. The van der Waals surface area contributed by atoms with E-state index in [1.54, 1.807) is 0 Å².